The van der Waals surface area contributed by atoms with Gasteiger partial charge < -0.3 is 19.7 Å². The summed E-state index contributed by atoms with van der Waals surface area (Å²) in [5, 5.41) is 2.97. The van der Waals surface area contributed by atoms with E-state index in [1.165, 1.54) is 0 Å². The molecule has 0 bridgehead atoms. The molecule has 7 heteroatoms. The molecule has 1 fully saturated rings. The number of carbonyl (C=O) groups is 2. The van der Waals surface area contributed by atoms with Gasteiger partial charge in [0.05, 0.1) is 5.69 Å². The third-order valence-electron chi connectivity index (χ3n) is 5.38. The van der Waals surface area contributed by atoms with Gasteiger partial charge in [-0.05, 0) is 32.7 Å². The van der Waals surface area contributed by atoms with Gasteiger partial charge in [0.25, 0.3) is 11.8 Å². The maximum absolute atomic E-state index is 13.0. The summed E-state index contributed by atoms with van der Waals surface area (Å²) in [6, 6.07) is 0. The zero-order valence-electron chi connectivity index (χ0n) is 16.1. The van der Waals surface area contributed by atoms with E-state index in [9.17, 15) is 9.59 Å². The van der Waals surface area contributed by atoms with E-state index in [0.717, 1.165) is 76.9 Å². The minimum absolute atomic E-state index is 0.0196. The number of imidazole rings is 1. The molecule has 0 radical (unpaired) electrons. The van der Waals surface area contributed by atoms with Crippen LogP contribution in [0.4, 0.5) is 0 Å². The van der Waals surface area contributed by atoms with E-state index in [0.29, 0.717) is 18.1 Å². The highest BCUT2D eigenvalue weighted by Crippen LogP contribution is 2.22. The van der Waals surface area contributed by atoms with Crippen LogP contribution in [-0.4, -0.2) is 70.9 Å². The maximum atomic E-state index is 13.0. The topological polar surface area (TPSA) is 70.5 Å². The molecule has 0 unspecified atom stereocenters. The average Bonchev–Trinajstić information content (AvgIpc) is 3.05. The first-order valence-corrected chi connectivity index (χ1v) is 9.97. The van der Waals surface area contributed by atoms with Gasteiger partial charge in [-0.25, -0.2) is 4.98 Å². The number of nitrogens with one attached hydrogen (secondary N) is 1. The molecule has 1 aromatic heterocycles. The molecule has 1 saturated heterocycles. The smallest absolute Gasteiger partial charge is 0.287 e. The first-order valence-electron chi connectivity index (χ1n) is 9.97. The first-order chi connectivity index (χ1) is 12.6. The molecular formula is C19H31N5O2. The zero-order valence-corrected chi connectivity index (χ0v) is 16.1. The van der Waals surface area contributed by atoms with Gasteiger partial charge in [-0.1, -0.05) is 19.8 Å². The normalized spacial score (nSPS) is 17.8. The number of nitrogens with zero attached hydrogens (tertiary/aromatic N) is 4. The number of carbonyl (C=O) groups excluding carboxylic acids is 2. The third kappa shape index (κ3) is 4.09. The Hall–Kier alpha value is -1.89. The minimum Gasteiger partial charge on any atom is -0.349 e. The van der Waals surface area contributed by atoms with Crippen molar-refractivity contribution in [2.75, 3.05) is 39.8 Å². The Labute approximate surface area is 155 Å². The highest BCUT2D eigenvalue weighted by molar-refractivity contribution is 5.97. The quantitative estimate of drug-likeness (QED) is 0.780. The van der Waals surface area contributed by atoms with Crippen LogP contribution in [0.3, 0.4) is 0 Å². The Morgan fingerprint density at radius 3 is 2.58 bits per heavy atom. The molecule has 0 aromatic carbocycles. The van der Waals surface area contributed by atoms with Crippen molar-refractivity contribution >= 4 is 11.8 Å². The van der Waals surface area contributed by atoms with E-state index in [-0.39, 0.29) is 11.8 Å². The van der Waals surface area contributed by atoms with Crippen molar-refractivity contribution in [1.29, 1.82) is 0 Å². The molecule has 26 heavy (non-hydrogen) atoms. The predicted octanol–water partition coefficient (Wildman–Crippen LogP) is 1.53. The Morgan fingerprint density at radius 2 is 1.85 bits per heavy atom. The van der Waals surface area contributed by atoms with Crippen molar-refractivity contribution in [3.05, 3.63) is 17.2 Å². The Kier molecular flexibility index (Phi) is 6.29. The highest BCUT2D eigenvalue weighted by Gasteiger charge is 2.30. The monoisotopic (exact) mass is 361 g/mol. The Bertz CT molecular complexity index is 647. The number of piperazine rings is 1. The van der Waals surface area contributed by atoms with Gasteiger partial charge >= 0.3 is 0 Å². The number of unbranched alkanes of at least 4 members (excludes halogenated alkanes) is 2. The molecular weight excluding hydrogens is 330 g/mol. The van der Waals surface area contributed by atoms with Crippen LogP contribution < -0.4 is 5.32 Å². The predicted molar refractivity (Wildman–Crippen MR) is 100 cm³/mol. The lowest BCUT2D eigenvalue weighted by Crippen LogP contribution is -2.47. The van der Waals surface area contributed by atoms with Crippen LogP contribution in [0.25, 0.3) is 0 Å². The standard InChI is InChI=1S/C19H31N5O2/c1-3-4-6-9-20-18(25)17-21-16(15-8-5-7-10-24(15)17)19(26)23-13-11-22(2)12-14-23/h3-14H2,1-2H3,(H,20,25). The summed E-state index contributed by atoms with van der Waals surface area (Å²) in [6.45, 7) is 6.79. The van der Waals surface area contributed by atoms with E-state index < -0.39 is 0 Å². The van der Waals surface area contributed by atoms with Crippen molar-refractivity contribution in [1.82, 2.24) is 24.7 Å². The highest BCUT2D eigenvalue weighted by atomic mass is 16.2. The summed E-state index contributed by atoms with van der Waals surface area (Å²) in [7, 11) is 2.07. The van der Waals surface area contributed by atoms with Crippen LogP contribution in [0.1, 0.15) is 65.8 Å². The molecule has 0 spiro atoms. The molecule has 7 nitrogen and oxygen atoms in total. The van der Waals surface area contributed by atoms with E-state index in [1.807, 2.05) is 9.47 Å². The second-order valence-electron chi connectivity index (χ2n) is 7.40. The molecule has 144 valence electrons. The molecule has 0 atom stereocenters. The fraction of sp³-hybridized carbons (Fsp3) is 0.737. The number of aromatic nitrogens is 2. The van der Waals surface area contributed by atoms with Crippen molar-refractivity contribution in [2.45, 2.75) is 52.0 Å². The zero-order chi connectivity index (χ0) is 18.5. The number of rotatable bonds is 6. The van der Waals surface area contributed by atoms with Crippen LogP contribution in [0.15, 0.2) is 0 Å². The van der Waals surface area contributed by atoms with Crippen molar-refractivity contribution in [3.8, 4) is 0 Å². The summed E-state index contributed by atoms with van der Waals surface area (Å²) >= 11 is 0. The number of hydrogen-bond donors (Lipinski definition) is 1. The van der Waals surface area contributed by atoms with Crippen LogP contribution >= 0.6 is 0 Å². The summed E-state index contributed by atoms with van der Waals surface area (Å²) in [6.07, 6.45) is 6.10. The fourth-order valence-corrected chi connectivity index (χ4v) is 3.70. The van der Waals surface area contributed by atoms with Crippen LogP contribution in [0, 0.1) is 0 Å². The first kappa shape index (κ1) is 18.9. The molecule has 3 heterocycles. The van der Waals surface area contributed by atoms with E-state index in [4.69, 9.17) is 0 Å². The average molecular weight is 361 g/mol. The summed E-state index contributed by atoms with van der Waals surface area (Å²) < 4.78 is 1.97. The van der Waals surface area contributed by atoms with Crippen LogP contribution in [0.5, 0.6) is 0 Å². The van der Waals surface area contributed by atoms with Gasteiger partial charge in [0.1, 0.15) is 5.69 Å². The lowest BCUT2D eigenvalue weighted by Gasteiger charge is -2.32. The Morgan fingerprint density at radius 1 is 1.08 bits per heavy atom. The van der Waals surface area contributed by atoms with Gasteiger partial charge in [0, 0.05) is 39.3 Å². The molecule has 1 aromatic rings. The second kappa shape index (κ2) is 8.66. The number of fused-ring (bicyclic) bond motifs is 1. The lowest BCUT2D eigenvalue weighted by atomic mass is 10.1. The molecule has 3 rings (SSSR count). The number of amides is 2. The molecule has 2 aliphatic rings. The van der Waals surface area contributed by atoms with E-state index in [1.54, 1.807) is 0 Å². The van der Waals surface area contributed by atoms with E-state index in [2.05, 4.69) is 29.2 Å². The summed E-state index contributed by atoms with van der Waals surface area (Å²) in [5.74, 6) is 0.240. The summed E-state index contributed by atoms with van der Waals surface area (Å²) in [4.78, 5) is 34.3. The second-order valence-corrected chi connectivity index (χ2v) is 7.40. The van der Waals surface area contributed by atoms with E-state index >= 15 is 0 Å². The van der Waals surface area contributed by atoms with Crippen LogP contribution in [0.2, 0.25) is 0 Å². The largest absolute Gasteiger partial charge is 0.349 e. The molecule has 0 aliphatic carbocycles. The summed E-state index contributed by atoms with van der Waals surface area (Å²) in [5.41, 5.74) is 1.44. The molecule has 2 aliphatic heterocycles. The Balaban J connectivity index is 1.77. The van der Waals surface area contributed by atoms with Crippen molar-refractivity contribution in [3.63, 3.8) is 0 Å². The number of hydrogen-bond acceptors (Lipinski definition) is 4. The maximum Gasteiger partial charge on any atom is 0.287 e. The molecule has 0 saturated carbocycles. The SMILES string of the molecule is CCCCCNC(=O)c1nc(C(=O)N2CCN(C)CC2)c2n1CCCC2. The van der Waals surface area contributed by atoms with Gasteiger partial charge in [-0.3, -0.25) is 9.59 Å². The number of likely N-dealkylation sites (N-methyl/N-ethyl adjacent to an activating group) is 1. The molecule has 2 amide bonds. The van der Waals surface area contributed by atoms with Gasteiger partial charge in [-0.15, -0.1) is 0 Å². The molecule has 1 N–H and O–H groups in total. The van der Waals surface area contributed by atoms with Gasteiger partial charge in [0.2, 0.25) is 0 Å². The van der Waals surface area contributed by atoms with Crippen molar-refractivity contribution in [2.24, 2.45) is 0 Å². The van der Waals surface area contributed by atoms with Gasteiger partial charge in [0.15, 0.2) is 5.82 Å². The van der Waals surface area contributed by atoms with Gasteiger partial charge in [-0.2, -0.15) is 0 Å². The van der Waals surface area contributed by atoms with Crippen LogP contribution in [-0.2, 0) is 13.0 Å². The fourth-order valence-electron chi connectivity index (χ4n) is 3.70. The third-order valence-corrected chi connectivity index (χ3v) is 5.38. The minimum atomic E-state index is -0.151. The lowest BCUT2D eigenvalue weighted by molar-refractivity contribution is 0.0657. The van der Waals surface area contributed by atoms with Crippen molar-refractivity contribution < 1.29 is 9.59 Å².